The zero-order valence-electron chi connectivity index (χ0n) is 11.1. The van der Waals surface area contributed by atoms with E-state index in [2.05, 4.69) is 33.0 Å². The number of carboxylic acid groups (broad SMARTS) is 1. The zero-order chi connectivity index (χ0) is 13.7. The molecule has 1 heterocycles. The summed E-state index contributed by atoms with van der Waals surface area (Å²) in [5, 5.41) is 8.65. The molecule has 20 heavy (non-hydrogen) atoms. The van der Waals surface area contributed by atoms with Gasteiger partial charge in [0.2, 0.25) is 0 Å². The van der Waals surface area contributed by atoms with Crippen molar-refractivity contribution in [2.75, 3.05) is 26.2 Å². The van der Waals surface area contributed by atoms with E-state index >= 15 is 0 Å². The summed E-state index contributed by atoms with van der Waals surface area (Å²) in [6, 6.07) is 8.16. The molecule has 4 nitrogen and oxygen atoms in total. The van der Waals surface area contributed by atoms with Crippen molar-refractivity contribution in [2.24, 2.45) is 0 Å². The number of ether oxygens (including phenoxy) is 1. The molecule has 0 amide bonds. The van der Waals surface area contributed by atoms with Gasteiger partial charge in [-0.3, -0.25) is 9.69 Å². The minimum Gasteiger partial charge on any atom is -0.481 e. The molecule has 0 aromatic heterocycles. The van der Waals surface area contributed by atoms with Crippen LogP contribution in [0.15, 0.2) is 28.7 Å². The lowest BCUT2D eigenvalue weighted by atomic mass is 10.1. The summed E-state index contributed by atoms with van der Waals surface area (Å²) in [5.41, 5.74) is 1.17. The lowest BCUT2D eigenvalue weighted by Crippen LogP contribution is -2.38. The van der Waals surface area contributed by atoms with E-state index in [0.717, 1.165) is 24.1 Å². The maximum Gasteiger partial charge on any atom is 0.303 e. The van der Waals surface area contributed by atoms with Crippen LogP contribution in [-0.4, -0.2) is 42.2 Å². The first-order valence-electron chi connectivity index (χ1n) is 6.46. The lowest BCUT2D eigenvalue weighted by molar-refractivity contribution is -0.137. The highest BCUT2D eigenvalue weighted by atomic mass is 79.9. The van der Waals surface area contributed by atoms with Crippen LogP contribution in [0, 0.1) is 0 Å². The predicted molar refractivity (Wildman–Crippen MR) is 83.4 cm³/mol. The van der Waals surface area contributed by atoms with Gasteiger partial charge in [0.05, 0.1) is 12.7 Å². The van der Waals surface area contributed by atoms with Crippen LogP contribution in [0.3, 0.4) is 0 Å². The van der Waals surface area contributed by atoms with Crippen LogP contribution in [-0.2, 0) is 9.53 Å². The third-order valence-electron chi connectivity index (χ3n) is 3.26. The smallest absolute Gasteiger partial charge is 0.303 e. The van der Waals surface area contributed by atoms with E-state index in [-0.39, 0.29) is 24.9 Å². The molecule has 2 rings (SSSR count). The Kier molecular flexibility index (Phi) is 7.51. The monoisotopic (exact) mass is 363 g/mol. The van der Waals surface area contributed by atoms with Gasteiger partial charge in [0.15, 0.2) is 0 Å². The van der Waals surface area contributed by atoms with Crippen LogP contribution in [0.1, 0.15) is 24.5 Å². The number of hydrogen-bond donors (Lipinski definition) is 1. The molecule has 1 aromatic carbocycles. The number of halogens is 2. The summed E-state index contributed by atoms with van der Waals surface area (Å²) in [6.07, 6.45) is 1.02. The number of rotatable bonds is 5. The average molecular weight is 365 g/mol. The molecule has 112 valence electrons. The minimum absolute atomic E-state index is 0. The van der Waals surface area contributed by atoms with Gasteiger partial charge >= 0.3 is 5.97 Å². The summed E-state index contributed by atoms with van der Waals surface area (Å²) in [7, 11) is 0. The van der Waals surface area contributed by atoms with Crippen molar-refractivity contribution in [3.05, 3.63) is 34.3 Å². The Hall–Kier alpha value is -0.620. The van der Waals surface area contributed by atoms with Crippen molar-refractivity contribution in [1.29, 1.82) is 0 Å². The molecule has 1 unspecified atom stereocenters. The molecule has 0 spiro atoms. The van der Waals surface area contributed by atoms with Crippen molar-refractivity contribution in [3.8, 4) is 0 Å². The van der Waals surface area contributed by atoms with Gasteiger partial charge < -0.3 is 9.84 Å². The van der Waals surface area contributed by atoms with E-state index in [1.54, 1.807) is 0 Å². The maximum absolute atomic E-state index is 10.5. The average Bonchev–Trinajstić information content (AvgIpc) is 2.39. The molecule has 1 N–H and O–H groups in total. The Morgan fingerprint density at radius 1 is 1.40 bits per heavy atom. The fraction of sp³-hybridized carbons (Fsp3) is 0.500. The third-order valence-corrected chi connectivity index (χ3v) is 3.79. The predicted octanol–water partition coefficient (Wildman–Crippen LogP) is 3.11. The highest BCUT2D eigenvalue weighted by molar-refractivity contribution is 9.10. The van der Waals surface area contributed by atoms with Crippen LogP contribution in [0.25, 0.3) is 0 Å². The topological polar surface area (TPSA) is 49.8 Å². The molecule has 0 radical (unpaired) electrons. The maximum atomic E-state index is 10.5. The number of hydrogen-bond acceptors (Lipinski definition) is 3. The fourth-order valence-corrected chi connectivity index (χ4v) is 2.50. The van der Waals surface area contributed by atoms with Crippen molar-refractivity contribution in [1.82, 2.24) is 4.90 Å². The van der Waals surface area contributed by atoms with Gasteiger partial charge in [-0.05, 0) is 30.7 Å². The lowest BCUT2D eigenvalue weighted by Gasteiger charge is -2.33. The Morgan fingerprint density at radius 3 is 2.75 bits per heavy atom. The van der Waals surface area contributed by atoms with Crippen LogP contribution < -0.4 is 0 Å². The van der Waals surface area contributed by atoms with Gasteiger partial charge in [-0.15, -0.1) is 12.4 Å². The van der Waals surface area contributed by atoms with Gasteiger partial charge in [-0.1, -0.05) is 28.1 Å². The summed E-state index contributed by atoms with van der Waals surface area (Å²) in [6.45, 7) is 3.24. The van der Waals surface area contributed by atoms with Gasteiger partial charge in [0.1, 0.15) is 0 Å². The molecule has 1 aliphatic rings. The quantitative estimate of drug-likeness (QED) is 0.872. The molecular weight excluding hydrogens is 346 g/mol. The molecule has 1 atom stereocenters. The summed E-state index contributed by atoms with van der Waals surface area (Å²) in [4.78, 5) is 12.8. The van der Waals surface area contributed by atoms with Crippen LogP contribution in [0.5, 0.6) is 0 Å². The highest BCUT2D eigenvalue weighted by Gasteiger charge is 2.21. The first-order chi connectivity index (χ1) is 9.15. The Labute approximate surface area is 133 Å². The van der Waals surface area contributed by atoms with E-state index in [1.165, 1.54) is 5.56 Å². The van der Waals surface area contributed by atoms with Crippen LogP contribution >= 0.6 is 28.3 Å². The second-order valence-corrected chi connectivity index (χ2v) is 5.62. The molecule has 0 aliphatic carbocycles. The summed E-state index contributed by atoms with van der Waals surface area (Å²) < 4.78 is 6.85. The first-order valence-corrected chi connectivity index (χ1v) is 7.25. The normalized spacial score (nSPS) is 19.4. The second kappa shape index (κ2) is 8.62. The van der Waals surface area contributed by atoms with E-state index in [1.807, 2.05) is 12.1 Å². The molecule has 0 saturated carbocycles. The van der Waals surface area contributed by atoms with E-state index in [9.17, 15) is 4.79 Å². The van der Waals surface area contributed by atoms with Crippen molar-refractivity contribution in [2.45, 2.75) is 18.9 Å². The number of aliphatic carboxylic acids is 1. The summed E-state index contributed by atoms with van der Waals surface area (Å²) in [5.74, 6) is -0.724. The van der Waals surface area contributed by atoms with Gasteiger partial charge in [-0.25, -0.2) is 0 Å². The minimum atomic E-state index is -0.724. The molecule has 0 bridgehead atoms. The molecule has 1 aromatic rings. The SMILES string of the molecule is Cl.O=C(O)CCCN1CCOC(c2ccc(Br)cc2)C1. The molecule has 1 saturated heterocycles. The molecular formula is C14H19BrClNO3. The molecule has 1 aliphatic heterocycles. The van der Waals surface area contributed by atoms with Crippen LogP contribution in [0.4, 0.5) is 0 Å². The van der Waals surface area contributed by atoms with E-state index < -0.39 is 5.97 Å². The van der Waals surface area contributed by atoms with Gasteiger partial charge in [0.25, 0.3) is 0 Å². The summed E-state index contributed by atoms with van der Waals surface area (Å²) >= 11 is 3.42. The number of nitrogens with zero attached hydrogens (tertiary/aromatic N) is 1. The number of carbonyl (C=O) groups is 1. The molecule has 6 heteroatoms. The van der Waals surface area contributed by atoms with E-state index in [0.29, 0.717) is 13.0 Å². The van der Waals surface area contributed by atoms with Crippen LogP contribution in [0.2, 0.25) is 0 Å². The van der Waals surface area contributed by atoms with Crippen molar-refractivity contribution in [3.63, 3.8) is 0 Å². The number of morpholine rings is 1. The highest BCUT2D eigenvalue weighted by Crippen LogP contribution is 2.23. The fourth-order valence-electron chi connectivity index (χ4n) is 2.24. The first kappa shape index (κ1) is 17.4. The van der Waals surface area contributed by atoms with Gasteiger partial charge in [0, 0.05) is 24.0 Å². The number of carboxylic acids is 1. The third kappa shape index (κ3) is 5.40. The van der Waals surface area contributed by atoms with E-state index in [4.69, 9.17) is 9.84 Å². The zero-order valence-corrected chi connectivity index (χ0v) is 13.5. The largest absolute Gasteiger partial charge is 0.481 e. The molecule has 1 fully saturated rings. The Balaban J connectivity index is 0.00000200. The Bertz CT molecular complexity index is 427. The number of benzene rings is 1. The Morgan fingerprint density at radius 2 is 2.10 bits per heavy atom. The van der Waals surface area contributed by atoms with Crippen molar-refractivity contribution < 1.29 is 14.6 Å². The standard InChI is InChI=1S/C14H18BrNO3.ClH/c15-12-5-3-11(4-6-12)13-10-16(8-9-19-13)7-1-2-14(17)18;/h3-6,13H,1-2,7-10H2,(H,17,18);1H. The van der Waals surface area contributed by atoms with Gasteiger partial charge in [-0.2, -0.15) is 0 Å². The second-order valence-electron chi connectivity index (χ2n) is 4.71. The van der Waals surface area contributed by atoms with Crippen molar-refractivity contribution >= 4 is 34.3 Å².